The van der Waals surface area contributed by atoms with Crippen LogP contribution in [0.2, 0.25) is 10.0 Å². The molecule has 0 spiro atoms. The standard InChI is InChI=1S/C33H33Cl2N3O6/c1-19(39)36-27-12-5-6-13-28(27)38-30(25-15-14-22(34)17-26(25)35)29(23-10-3-4-11-24(23)32(38)41)31(40)37-44-18-20-8-7-9-21(16-20)33(42)43-2/h3-4,7-11,14-17,27-30H,5-6,12-13,18H2,1-2H3,(H,36,39)(H,37,40)/t27-,28-,29+,30-/m0/s1. The van der Waals surface area contributed by atoms with E-state index in [1.54, 1.807) is 71.6 Å². The van der Waals surface area contributed by atoms with Gasteiger partial charge < -0.3 is 15.0 Å². The fourth-order valence-electron chi connectivity index (χ4n) is 6.31. The van der Waals surface area contributed by atoms with Crippen molar-refractivity contribution in [2.75, 3.05) is 7.11 Å². The van der Waals surface area contributed by atoms with Crippen LogP contribution < -0.4 is 10.8 Å². The molecule has 3 amide bonds. The number of esters is 1. The van der Waals surface area contributed by atoms with Crippen LogP contribution >= 0.6 is 23.2 Å². The number of methoxy groups -OCH3 is 1. The lowest BCUT2D eigenvalue weighted by atomic mass is 9.76. The number of carbonyl (C=O) groups excluding carboxylic acids is 4. The zero-order chi connectivity index (χ0) is 31.4. The van der Waals surface area contributed by atoms with Gasteiger partial charge in [-0.3, -0.25) is 19.2 Å². The Bertz CT molecular complexity index is 1580. The molecule has 9 nitrogen and oxygen atoms in total. The number of nitrogens with zero attached hydrogens (tertiary/aromatic N) is 1. The Morgan fingerprint density at radius 2 is 1.73 bits per heavy atom. The summed E-state index contributed by atoms with van der Waals surface area (Å²) in [6.07, 6.45) is 3.10. The van der Waals surface area contributed by atoms with Crippen LogP contribution in [0.4, 0.5) is 0 Å². The predicted molar refractivity (Wildman–Crippen MR) is 165 cm³/mol. The van der Waals surface area contributed by atoms with E-state index in [2.05, 4.69) is 10.8 Å². The number of benzene rings is 3. The van der Waals surface area contributed by atoms with Gasteiger partial charge in [-0.05, 0) is 59.9 Å². The third-order valence-corrected chi connectivity index (χ3v) is 8.74. The fourth-order valence-corrected chi connectivity index (χ4v) is 6.83. The second-order valence-corrected chi connectivity index (χ2v) is 11.8. The maximum absolute atomic E-state index is 14.3. The van der Waals surface area contributed by atoms with Crippen molar-refractivity contribution in [3.05, 3.63) is 105 Å². The summed E-state index contributed by atoms with van der Waals surface area (Å²) in [7, 11) is 1.30. The zero-order valence-corrected chi connectivity index (χ0v) is 25.9. The van der Waals surface area contributed by atoms with E-state index >= 15 is 0 Å². The molecule has 2 aliphatic rings. The quantitative estimate of drug-likeness (QED) is 0.240. The fraction of sp³-hybridized carbons (Fsp3) is 0.333. The van der Waals surface area contributed by atoms with Gasteiger partial charge in [0.05, 0.1) is 37.3 Å². The topological polar surface area (TPSA) is 114 Å². The van der Waals surface area contributed by atoms with E-state index in [-0.39, 0.29) is 30.5 Å². The van der Waals surface area contributed by atoms with Crippen molar-refractivity contribution in [3.8, 4) is 0 Å². The van der Waals surface area contributed by atoms with E-state index < -0.39 is 23.8 Å². The van der Waals surface area contributed by atoms with Crippen molar-refractivity contribution in [2.45, 2.75) is 63.3 Å². The molecule has 1 saturated carbocycles. The highest BCUT2D eigenvalue weighted by Gasteiger charge is 2.49. The minimum atomic E-state index is -0.913. The van der Waals surface area contributed by atoms with E-state index in [9.17, 15) is 19.2 Å². The average Bonchev–Trinajstić information content (AvgIpc) is 3.01. The lowest BCUT2D eigenvalue weighted by Gasteiger charge is -2.49. The third kappa shape index (κ3) is 6.60. The Hall–Kier alpha value is -3.92. The first kappa shape index (κ1) is 31.5. The Balaban J connectivity index is 1.54. The highest BCUT2D eigenvalue weighted by Crippen LogP contribution is 2.47. The first-order valence-electron chi connectivity index (χ1n) is 14.4. The number of amides is 3. The monoisotopic (exact) mass is 637 g/mol. The van der Waals surface area contributed by atoms with E-state index in [0.717, 1.165) is 12.8 Å². The second kappa shape index (κ2) is 13.8. The van der Waals surface area contributed by atoms with Crippen molar-refractivity contribution < 1.29 is 28.8 Å². The molecular formula is C33H33Cl2N3O6. The van der Waals surface area contributed by atoms with Crippen molar-refractivity contribution in [3.63, 3.8) is 0 Å². The molecule has 0 unspecified atom stereocenters. The minimum Gasteiger partial charge on any atom is -0.465 e. The molecule has 230 valence electrons. The molecule has 1 aliphatic heterocycles. The summed E-state index contributed by atoms with van der Waals surface area (Å²) in [5, 5.41) is 3.76. The molecule has 0 radical (unpaired) electrons. The number of rotatable bonds is 8. The van der Waals surface area contributed by atoms with E-state index in [4.69, 9.17) is 32.8 Å². The lowest BCUT2D eigenvalue weighted by molar-refractivity contribution is -0.138. The van der Waals surface area contributed by atoms with Crippen molar-refractivity contribution in [1.82, 2.24) is 15.7 Å². The van der Waals surface area contributed by atoms with Crippen LogP contribution in [-0.2, 0) is 25.8 Å². The van der Waals surface area contributed by atoms with E-state index in [1.807, 2.05) is 0 Å². The minimum absolute atomic E-state index is 0.0207. The van der Waals surface area contributed by atoms with E-state index in [0.29, 0.717) is 50.7 Å². The van der Waals surface area contributed by atoms with Crippen molar-refractivity contribution in [2.24, 2.45) is 0 Å². The van der Waals surface area contributed by atoms with Gasteiger partial charge in [0.2, 0.25) is 5.91 Å². The molecule has 3 aromatic rings. The molecule has 1 aliphatic carbocycles. The van der Waals surface area contributed by atoms with Gasteiger partial charge in [0, 0.05) is 28.6 Å². The summed E-state index contributed by atoms with van der Waals surface area (Å²) in [6.45, 7) is 1.44. The molecule has 5 rings (SSSR count). The van der Waals surface area contributed by atoms with Crippen LogP contribution in [0.3, 0.4) is 0 Å². The Morgan fingerprint density at radius 1 is 0.955 bits per heavy atom. The molecule has 0 aromatic heterocycles. The number of nitrogens with one attached hydrogen (secondary N) is 2. The molecular weight excluding hydrogens is 605 g/mol. The molecule has 4 atom stereocenters. The Morgan fingerprint density at radius 3 is 2.48 bits per heavy atom. The van der Waals surface area contributed by atoms with Gasteiger partial charge in [-0.15, -0.1) is 0 Å². The maximum Gasteiger partial charge on any atom is 0.337 e. The number of fused-ring (bicyclic) bond motifs is 1. The highest BCUT2D eigenvalue weighted by molar-refractivity contribution is 6.35. The Labute approximate surface area is 265 Å². The maximum atomic E-state index is 14.3. The number of halogens is 2. The molecule has 3 aromatic carbocycles. The third-order valence-electron chi connectivity index (χ3n) is 8.17. The first-order chi connectivity index (χ1) is 21.2. The lowest BCUT2D eigenvalue weighted by Crippen LogP contribution is -2.59. The summed E-state index contributed by atoms with van der Waals surface area (Å²) in [4.78, 5) is 60.0. The molecule has 44 heavy (non-hydrogen) atoms. The van der Waals surface area contributed by atoms with Gasteiger partial charge in [0.1, 0.15) is 0 Å². The molecule has 1 fully saturated rings. The van der Waals surface area contributed by atoms with Crippen LogP contribution in [0.25, 0.3) is 0 Å². The van der Waals surface area contributed by atoms with Crippen LogP contribution in [0.5, 0.6) is 0 Å². The van der Waals surface area contributed by atoms with Crippen molar-refractivity contribution >= 4 is 46.9 Å². The van der Waals surface area contributed by atoms with Gasteiger partial charge in [-0.1, -0.05) is 72.4 Å². The summed E-state index contributed by atoms with van der Waals surface area (Å²) >= 11 is 13.0. The normalized spacial score (nSPS) is 21.3. The number of hydrogen-bond donors (Lipinski definition) is 2. The second-order valence-electron chi connectivity index (χ2n) is 11.0. The van der Waals surface area contributed by atoms with Crippen LogP contribution in [0.1, 0.15) is 82.0 Å². The summed E-state index contributed by atoms with van der Waals surface area (Å²) in [6, 6.07) is 17.2. The molecule has 1 heterocycles. The van der Waals surface area contributed by atoms with Gasteiger partial charge in [-0.2, -0.15) is 0 Å². The van der Waals surface area contributed by atoms with Gasteiger partial charge in [0.25, 0.3) is 11.8 Å². The summed E-state index contributed by atoms with van der Waals surface area (Å²) < 4.78 is 4.79. The number of ether oxygens (including phenoxy) is 1. The van der Waals surface area contributed by atoms with Crippen LogP contribution in [0, 0.1) is 0 Å². The molecule has 0 bridgehead atoms. The van der Waals surface area contributed by atoms with Crippen molar-refractivity contribution in [1.29, 1.82) is 0 Å². The van der Waals surface area contributed by atoms with Crippen LogP contribution in [-0.4, -0.2) is 47.8 Å². The molecule has 11 heteroatoms. The van der Waals surface area contributed by atoms with E-state index in [1.165, 1.54) is 14.0 Å². The van der Waals surface area contributed by atoms with Gasteiger partial charge in [-0.25, -0.2) is 10.3 Å². The highest BCUT2D eigenvalue weighted by atomic mass is 35.5. The predicted octanol–water partition coefficient (Wildman–Crippen LogP) is 5.76. The summed E-state index contributed by atoms with van der Waals surface area (Å²) in [5.41, 5.74) is 5.07. The van der Waals surface area contributed by atoms with Gasteiger partial charge in [0.15, 0.2) is 0 Å². The first-order valence-corrected chi connectivity index (χ1v) is 15.2. The Kier molecular flexibility index (Phi) is 9.88. The number of hydrogen-bond acceptors (Lipinski definition) is 6. The summed E-state index contributed by atoms with van der Waals surface area (Å²) in [5.74, 6) is -2.32. The van der Waals surface area contributed by atoms with Crippen LogP contribution in [0.15, 0.2) is 66.7 Å². The number of carbonyl (C=O) groups is 4. The largest absolute Gasteiger partial charge is 0.465 e. The molecule has 0 saturated heterocycles. The SMILES string of the molecule is COC(=O)c1cccc(CONC(=O)[C@@H]2c3ccccc3C(=O)N([C@H]3CCCC[C@@H]3NC(C)=O)[C@H]2c2ccc(Cl)cc2Cl)c1. The number of hydroxylamine groups is 1. The zero-order valence-electron chi connectivity index (χ0n) is 24.3. The average molecular weight is 639 g/mol. The molecule has 2 N–H and O–H groups in total. The van der Waals surface area contributed by atoms with Gasteiger partial charge >= 0.3 is 5.97 Å². The smallest absolute Gasteiger partial charge is 0.337 e.